The van der Waals surface area contributed by atoms with Crippen LogP contribution in [0.1, 0.15) is 58.8 Å². The van der Waals surface area contributed by atoms with Gasteiger partial charge in [-0.25, -0.2) is 0 Å². The normalized spacial score (nSPS) is 25.1. The Morgan fingerprint density at radius 1 is 1.02 bits per heavy atom. The Hall–Kier alpha value is -3.82. The van der Waals surface area contributed by atoms with Crippen molar-refractivity contribution in [1.82, 2.24) is 20.1 Å². The van der Waals surface area contributed by atoms with Crippen LogP contribution in [0.25, 0.3) is 10.9 Å². The molecule has 5 heterocycles. The Morgan fingerprint density at radius 2 is 1.95 bits per heavy atom. The summed E-state index contributed by atoms with van der Waals surface area (Å²) in [4.78, 5) is 45.6. The standard InChI is InChI=1S/C31H32N4O5/c36-29-8-7-28(30(37)33-29)35-16-22-14-23(3-4-25(22)31(35)38)40-24-9-11-34(17-24)15-19-1-5-26-20(13-19)2-6-27(32-26)21-10-12-39-18-21/h1-6,13-14,21,24,28H,7-12,15-18H2,(H,33,36,37). The number of carbonyl (C=O) groups excluding carboxylic acids is 3. The van der Waals surface area contributed by atoms with Crippen molar-refractivity contribution in [3.8, 4) is 5.75 Å². The largest absolute Gasteiger partial charge is 0.489 e. The molecule has 0 spiro atoms. The van der Waals surface area contributed by atoms with E-state index >= 15 is 0 Å². The molecule has 3 saturated heterocycles. The van der Waals surface area contributed by atoms with Crippen LogP contribution in [0.3, 0.4) is 0 Å². The first-order valence-electron chi connectivity index (χ1n) is 14.1. The Kier molecular flexibility index (Phi) is 6.48. The number of likely N-dealkylation sites (tertiary alicyclic amines) is 1. The van der Waals surface area contributed by atoms with Crippen LogP contribution >= 0.6 is 0 Å². The topological polar surface area (TPSA) is 101 Å². The Morgan fingerprint density at radius 3 is 2.80 bits per heavy atom. The highest BCUT2D eigenvalue weighted by Gasteiger charge is 2.39. The lowest BCUT2D eigenvalue weighted by Crippen LogP contribution is -2.52. The number of hydrogen-bond acceptors (Lipinski definition) is 7. The quantitative estimate of drug-likeness (QED) is 0.480. The fourth-order valence-electron chi connectivity index (χ4n) is 6.40. The number of carbonyl (C=O) groups is 3. The number of nitrogens with zero attached hydrogens (tertiary/aromatic N) is 3. The molecule has 0 radical (unpaired) electrons. The molecule has 1 aromatic heterocycles. The van der Waals surface area contributed by atoms with E-state index in [9.17, 15) is 14.4 Å². The van der Waals surface area contributed by atoms with Crippen molar-refractivity contribution in [2.45, 2.75) is 56.8 Å². The summed E-state index contributed by atoms with van der Waals surface area (Å²) in [5.41, 5.74) is 4.87. The van der Waals surface area contributed by atoms with Gasteiger partial charge in [-0.15, -0.1) is 0 Å². The number of piperidine rings is 1. The number of imide groups is 1. The minimum absolute atomic E-state index is 0.0692. The average Bonchev–Trinajstić information content (AvgIpc) is 3.70. The second-order valence-corrected chi connectivity index (χ2v) is 11.3. The Bertz CT molecular complexity index is 1500. The zero-order valence-corrected chi connectivity index (χ0v) is 22.3. The van der Waals surface area contributed by atoms with Crippen LogP contribution in [0.15, 0.2) is 48.5 Å². The molecule has 9 heteroatoms. The van der Waals surface area contributed by atoms with Crippen molar-refractivity contribution in [2.75, 3.05) is 26.3 Å². The molecular formula is C31H32N4O5. The summed E-state index contributed by atoms with van der Waals surface area (Å²) in [6, 6.07) is 15.8. The molecule has 0 bridgehead atoms. The monoisotopic (exact) mass is 540 g/mol. The SMILES string of the molecule is O=C1CCC(N2Cc3cc(OC4CCN(Cc5ccc6nc(C7CCOC7)ccc6c5)C4)ccc3C2=O)C(=O)N1. The summed E-state index contributed by atoms with van der Waals surface area (Å²) in [7, 11) is 0. The van der Waals surface area contributed by atoms with E-state index in [1.165, 1.54) is 5.56 Å². The summed E-state index contributed by atoms with van der Waals surface area (Å²) >= 11 is 0. The predicted octanol–water partition coefficient (Wildman–Crippen LogP) is 3.15. The summed E-state index contributed by atoms with van der Waals surface area (Å²) in [6.45, 7) is 4.57. The van der Waals surface area contributed by atoms with Gasteiger partial charge in [0.25, 0.3) is 5.91 Å². The molecule has 4 aliphatic rings. The van der Waals surface area contributed by atoms with Crippen molar-refractivity contribution < 1.29 is 23.9 Å². The van der Waals surface area contributed by atoms with E-state index in [0.29, 0.717) is 24.4 Å². The molecule has 3 aromatic rings. The molecule has 0 aliphatic carbocycles. The first kappa shape index (κ1) is 25.2. The number of amides is 3. The van der Waals surface area contributed by atoms with E-state index in [1.54, 1.807) is 11.0 Å². The van der Waals surface area contributed by atoms with Crippen molar-refractivity contribution in [3.05, 3.63) is 70.9 Å². The van der Waals surface area contributed by atoms with E-state index in [4.69, 9.17) is 14.5 Å². The van der Waals surface area contributed by atoms with Crippen LogP contribution in [-0.4, -0.2) is 71.0 Å². The third kappa shape index (κ3) is 4.84. The summed E-state index contributed by atoms with van der Waals surface area (Å²) < 4.78 is 11.9. The van der Waals surface area contributed by atoms with Gasteiger partial charge in [0.05, 0.1) is 12.1 Å². The molecule has 9 nitrogen and oxygen atoms in total. The molecule has 4 aliphatic heterocycles. The maximum Gasteiger partial charge on any atom is 0.255 e. The van der Waals surface area contributed by atoms with Gasteiger partial charge in [0.1, 0.15) is 17.9 Å². The lowest BCUT2D eigenvalue weighted by Gasteiger charge is -2.29. The molecule has 206 valence electrons. The maximum absolute atomic E-state index is 13.0. The third-order valence-corrected chi connectivity index (χ3v) is 8.56. The number of fused-ring (bicyclic) bond motifs is 2. The third-order valence-electron chi connectivity index (χ3n) is 8.56. The number of nitrogens with one attached hydrogen (secondary N) is 1. The molecule has 3 amide bonds. The van der Waals surface area contributed by atoms with Crippen LogP contribution in [0.4, 0.5) is 0 Å². The fraction of sp³-hybridized carbons (Fsp3) is 0.419. The van der Waals surface area contributed by atoms with Crippen LogP contribution in [0, 0.1) is 0 Å². The zero-order valence-electron chi connectivity index (χ0n) is 22.3. The number of aromatic nitrogens is 1. The van der Waals surface area contributed by atoms with E-state index in [2.05, 4.69) is 40.5 Å². The number of hydrogen-bond donors (Lipinski definition) is 1. The van der Waals surface area contributed by atoms with Gasteiger partial charge in [0.2, 0.25) is 11.8 Å². The highest BCUT2D eigenvalue weighted by atomic mass is 16.5. The van der Waals surface area contributed by atoms with E-state index in [0.717, 1.165) is 73.6 Å². The molecular weight excluding hydrogens is 508 g/mol. The number of pyridine rings is 1. The molecule has 2 aromatic carbocycles. The van der Waals surface area contributed by atoms with Crippen LogP contribution in [0.2, 0.25) is 0 Å². The molecule has 3 unspecified atom stereocenters. The van der Waals surface area contributed by atoms with Gasteiger partial charge in [-0.2, -0.15) is 0 Å². The maximum atomic E-state index is 13.0. The molecule has 40 heavy (non-hydrogen) atoms. The summed E-state index contributed by atoms with van der Waals surface area (Å²) in [6.07, 6.45) is 2.64. The molecule has 1 N–H and O–H groups in total. The van der Waals surface area contributed by atoms with E-state index < -0.39 is 11.9 Å². The highest BCUT2D eigenvalue weighted by molar-refractivity contribution is 6.05. The number of benzene rings is 2. The first-order chi connectivity index (χ1) is 19.5. The van der Waals surface area contributed by atoms with Crippen molar-refractivity contribution in [2.24, 2.45) is 0 Å². The van der Waals surface area contributed by atoms with Crippen LogP contribution in [-0.2, 0) is 27.4 Å². The number of rotatable bonds is 6. The van der Waals surface area contributed by atoms with Gasteiger partial charge >= 0.3 is 0 Å². The highest BCUT2D eigenvalue weighted by Crippen LogP contribution is 2.31. The first-order valence-corrected chi connectivity index (χ1v) is 14.1. The van der Waals surface area contributed by atoms with Gasteiger partial charge in [-0.1, -0.05) is 12.1 Å². The van der Waals surface area contributed by atoms with Crippen molar-refractivity contribution in [1.29, 1.82) is 0 Å². The predicted molar refractivity (Wildman–Crippen MR) is 147 cm³/mol. The smallest absolute Gasteiger partial charge is 0.255 e. The van der Waals surface area contributed by atoms with Crippen LogP contribution < -0.4 is 10.1 Å². The van der Waals surface area contributed by atoms with Crippen molar-refractivity contribution in [3.63, 3.8) is 0 Å². The Labute approximate surface area is 232 Å². The van der Waals surface area contributed by atoms with Gasteiger partial charge in [-0.05, 0) is 66.8 Å². The van der Waals surface area contributed by atoms with Crippen LogP contribution in [0.5, 0.6) is 5.75 Å². The minimum atomic E-state index is -0.611. The average molecular weight is 541 g/mol. The summed E-state index contributed by atoms with van der Waals surface area (Å²) in [5, 5.41) is 3.51. The second kappa shape index (κ2) is 10.3. The molecule has 0 saturated carbocycles. The fourth-order valence-corrected chi connectivity index (χ4v) is 6.40. The Balaban J connectivity index is 0.965. The van der Waals surface area contributed by atoms with Gasteiger partial charge in [0.15, 0.2) is 0 Å². The summed E-state index contributed by atoms with van der Waals surface area (Å²) in [5.74, 6) is 0.294. The lowest BCUT2D eigenvalue weighted by molar-refractivity contribution is -0.136. The van der Waals surface area contributed by atoms with Gasteiger partial charge < -0.3 is 14.4 Å². The van der Waals surface area contributed by atoms with Crippen molar-refractivity contribution >= 4 is 28.6 Å². The van der Waals surface area contributed by atoms with Gasteiger partial charge in [-0.3, -0.25) is 29.6 Å². The van der Waals surface area contributed by atoms with E-state index in [-0.39, 0.29) is 24.3 Å². The second-order valence-electron chi connectivity index (χ2n) is 11.3. The van der Waals surface area contributed by atoms with E-state index in [1.807, 2.05) is 12.1 Å². The number of ether oxygens (including phenoxy) is 2. The lowest BCUT2D eigenvalue weighted by atomic mass is 10.0. The zero-order chi connectivity index (χ0) is 27.2. The molecule has 3 fully saturated rings. The molecule has 7 rings (SSSR count). The minimum Gasteiger partial charge on any atom is -0.489 e. The molecule has 3 atom stereocenters. The van der Waals surface area contributed by atoms with Gasteiger partial charge in [0, 0.05) is 61.8 Å².